The molecule has 2 heteroatoms. The smallest absolute Gasteiger partial charge is 0.00889 e. The van der Waals surface area contributed by atoms with Gasteiger partial charge in [0.05, 0.1) is 0 Å². The van der Waals surface area contributed by atoms with E-state index >= 15 is 0 Å². The summed E-state index contributed by atoms with van der Waals surface area (Å²) in [7, 11) is 0. The summed E-state index contributed by atoms with van der Waals surface area (Å²) in [5.74, 6) is 0.522. The van der Waals surface area contributed by atoms with Gasteiger partial charge < -0.3 is 10.6 Å². The largest absolute Gasteiger partial charge is 0.330 e. The van der Waals surface area contributed by atoms with E-state index in [9.17, 15) is 0 Å². The Kier molecular flexibility index (Phi) is 3.67. The zero-order chi connectivity index (χ0) is 12.4. The Bertz CT molecular complexity index is 408. The Labute approximate surface area is 110 Å². The number of nitrogens with two attached hydrogens (primary N) is 1. The van der Waals surface area contributed by atoms with Crippen LogP contribution in [0.4, 0.5) is 0 Å². The summed E-state index contributed by atoms with van der Waals surface area (Å²) in [6, 6.07) is 7.08. The molecule has 0 radical (unpaired) electrons. The van der Waals surface area contributed by atoms with Gasteiger partial charge in [0.2, 0.25) is 0 Å². The Hall–Kier alpha value is -0.860. The lowest BCUT2D eigenvalue weighted by atomic mass is 9.95. The molecule has 1 heterocycles. The van der Waals surface area contributed by atoms with Gasteiger partial charge in [0.1, 0.15) is 0 Å². The van der Waals surface area contributed by atoms with Crippen molar-refractivity contribution in [1.29, 1.82) is 0 Å². The van der Waals surface area contributed by atoms with Crippen molar-refractivity contribution in [3.63, 3.8) is 0 Å². The van der Waals surface area contributed by atoms with E-state index < -0.39 is 0 Å². The third-order valence-electron chi connectivity index (χ3n) is 4.56. The summed E-state index contributed by atoms with van der Waals surface area (Å²) in [5.41, 5.74) is 10.6. The first-order chi connectivity index (χ1) is 8.86. The van der Waals surface area contributed by atoms with Gasteiger partial charge in [-0.1, -0.05) is 18.2 Å². The highest BCUT2D eigenvalue weighted by atomic mass is 15.1. The molecule has 1 fully saturated rings. The molecule has 2 N–H and O–H groups in total. The third-order valence-corrected chi connectivity index (χ3v) is 4.56. The van der Waals surface area contributed by atoms with Gasteiger partial charge in [-0.05, 0) is 61.9 Å². The fourth-order valence-electron chi connectivity index (χ4n) is 3.44. The standard InChI is InChI=1S/C16H24N2/c17-11-16(12-18-8-1-2-9-18)15-7-6-13-4-3-5-14(13)10-15/h6-7,10,16H,1-5,8-9,11-12,17H2. The molecule has 2 aliphatic rings. The monoisotopic (exact) mass is 244 g/mol. The summed E-state index contributed by atoms with van der Waals surface area (Å²) in [5, 5.41) is 0. The van der Waals surface area contributed by atoms with Gasteiger partial charge >= 0.3 is 0 Å². The number of fused-ring (bicyclic) bond motifs is 1. The Morgan fingerprint density at radius 1 is 1.06 bits per heavy atom. The second-order valence-electron chi connectivity index (χ2n) is 5.82. The first-order valence-corrected chi connectivity index (χ1v) is 7.41. The topological polar surface area (TPSA) is 29.3 Å². The summed E-state index contributed by atoms with van der Waals surface area (Å²) < 4.78 is 0. The minimum absolute atomic E-state index is 0.522. The fourth-order valence-corrected chi connectivity index (χ4v) is 3.44. The van der Waals surface area contributed by atoms with Crippen LogP contribution in [-0.2, 0) is 12.8 Å². The molecule has 0 bridgehead atoms. The van der Waals surface area contributed by atoms with Crippen molar-refractivity contribution in [2.45, 2.75) is 38.0 Å². The van der Waals surface area contributed by atoms with E-state index in [0.29, 0.717) is 5.92 Å². The molecule has 1 saturated heterocycles. The highest BCUT2D eigenvalue weighted by Gasteiger charge is 2.19. The molecule has 2 nitrogen and oxygen atoms in total. The summed E-state index contributed by atoms with van der Waals surface area (Å²) in [4.78, 5) is 2.57. The van der Waals surface area contributed by atoms with Gasteiger partial charge in [-0.15, -0.1) is 0 Å². The van der Waals surface area contributed by atoms with Crippen LogP contribution in [0.15, 0.2) is 18.2 Å². The van der Waals surface area contributed by atoms with Crippen LogP contribution in [0.3, 0.4) is 0 Å². The number of aryl methyl sites for hydroxylation is 2. The van der Waals surface area contributed by atoms with E-state index in [4.69, 9.17) is 5.73 Å². The number of hydrogen-bond donors (Lipinski definition) is 1. The van der Waals surface area contributed by atoms with E-state index in [1.807, 2.05) is 0 Å². The molecule has 0 aromatic heterocycles. The number of nitrogens with zero attached hydrogens (tertiary/aromatic N) is 1. The van der Waals surface area contributed by atoms with E-state index in [1.54, 1.807) is 11.1 Å². The summed E-state index contributed by atoms with van der Waals surface area (Å²) in [6.45, 7) is 4.45. The van der Waals surface area contributed by atoms with Crippen LogP contribution in [0.1, 0.15) is 41.9 Å². The van der Waals surface area contributed by atoms with E-state index in [-0.39, 0.29) is 0 Å². The maximum Gasteiger partial charge on any atom is 0.00889 e. The molecule has 1 aliphatic carbocycles. The molecule has 1 aromatic rings. The van der Waals surface area contributed by atoms with E-state index in [2.05, 4.69) is 23.1 Å². The maximum absolute atomic E-state index is 6.00. The fraction of sp³-hybridized carbons (Fsp3) is 0.625. The molecular formula is C16H24N2. The van der Waals surface area contributed by atoms with Gasteiger partial charge in [-0.3, -0.25) is 0 Å². The van der Waals surface area contributed by atoms with Gasteiger partial charge in [0.15, 0.2) is 0 Å². The maximum atomic E-state index is 6.00. The van der Waals surface area contributed by atoms with Crippen LogP contribution in [0, 0.1) is 0 Å². The number of hydrogen-bond acceptors (Lipinski definition) is 2. The molecule has 3 rings (SSSR count). The molecule has 0 spiro atoms. The normalized spacial score (nSPS) is 21.2. The van der Waals surface area contributed by atoms with Crippen LogP contribution >= 0.6 is 0 Å². The van der Waals surface area contributed by atoms with Crippen molar-refractivity contribution in [1.82, 2.24) is 4.90 Å². The molecule has 98 valence electrons. The van der Waals surface area contributed by atoms with Crippen molar-refractivity contribution in [3.05, 3.63) is 34.9 Å². The van der Waals surface area contributed by atoms with Crippen molar-refractivity contribution in [2.24, 2.45) is 5.73 Å². The third kappa shape index (κ3) is 2.45. The van der Waals surface area contributed by atoms with E-state index in [0.717, 1.165) is 13.1 Å². The van der Waals surface area contributed by atoms with E-state index in [1.165, 1.54) is 50.8 Å². The number of benzene rings is 1. The minimum Gasteiger partial charge on any atom is -0.330 e. The van der Waals surface area contributed by atoms with Gasteiger partial charge in [0.25, 0.3) is 0 Å². The molecule has 18 heavy (non-hydrogen) atoms. The van der Waals surface area contributed by atoms with Gasteiger partial charge in [0, 0.05) is 19.0 Å². The van der Waals surface area contributed by atoms with Crippen LogP contribution < -0.4 is 5.73 Å². The molecule has 0 saturated carbocycles. The number of rotatable bonds is 4. The molecule has 1 aliphatic heterocycles. The average molecular weight is 244 g/mol. The summed E-state index contributed by atoms with van der Waals surface area (Å²) in [6.07, 6.45) is 6.60. The lowest BCUT2D eigenvalue weighted by Crippen LogP contribution is -2.29. The Morgan fingerprint density at radius 2 is 1.83 bits per heavy atom. The van der Waals surface area contributed by atoms with Crippen molar-refractivity contribution in [3.8, 4) is 0 Å². The van der Waals surface area contributed by atoms with Crippen molar-refractivity contribution >= 4 is 0 Å². The highest BCUT2D eigenvalue weighted by Crippen LogP contribution is 2.27. The van der Waals surface area contributed by atoms with Crippen LogP contribution in [-0.4, -0.2) is 31.1 Å². The second kappa shape index (κ2) is 5.41. The van der Waals surface area contributed by atoms with Crippen LogP contribution in [0.25, 0.3) is 0 Å². The Balaban J connectivity index is 1.74. The molecule has 0 amide bonds. The first kappa shape index (κ1) is 12.2. The SMILES string of the molecule is NCC(CN1CCCC1)c1ccc2c(c1)CCC2. The molecule has 1 aromatic carbocycles. The zero-order valence-corrected chi connectivity index (χ0v) is 11.2. The lowest BCUT2D eigenvalue weighted by molar-refractivity contribution is 0.315. The van der Waals surface area contributed by atoms with Crippen molar-refractivity contribution in [2.75, 3.05) is 26.2 Å². The first-order valence-electron chi connectivity index (χ1n) is 7.41. The molecular weight excluding hydrogens is 220 g/mol. The number of likely N-dealkylation sites (tertiary alicyclic amines) is 1. The van der Waals surface area contributed by atoms with Gasteiger partial charge in [-0.2, -0.15) is 0 Å². The lowest BCUT2D eigenvalue weighted by Gasteiger charge is -2.23. The predicted molar refractivity (Wildman–Crippen MR) is 75.9 cm³/mol. The van der Waals surface area contributed by atoms with Crippen LogP contribution in [0.5, 0.6) is 0 Å². The summed E-state index contributed by atoms with van der Waals surface area (Å²) >= 11 is 0. The molecule has 1 unspecified atom stereocenters. The Morgan fingerprint density at radius 3 is 2.61 bits per heavy atom. The highest BCUT2D eigenvalue weighted by molar-refractivity contribution is 5.37. The second-order valence-corrected chi connectivity index (χ2v) is 5.82. The minimum atomic E-state index is 0.522. The average Bonchev–Trinajstić information content (AvgIpc) is 3.06. The predicted octanol–water partition coefficient (Wildman–Crippen LogP) is 2.31. The van der Waals surface area contributed by atoms with Crippen molar-refractivity contribution < 1.29 is 0 Å². The zero-order valence-electron chi connectivity index (χ0n) is 11.2. The van der Waals surface area contributed by atoms with Gasteiger partial charge in [-0.25, -0.2) is 0 Å². The molecule has 1 atom stereocenters. The quantitative estimate of drug-likeness (QED) is 0.880. The van der Waals surface area contributed by atoms with Crippen LogP contribution in [0.2, 0.25) is 0 Å².